The van der Waals surface area contributed by atoms with Crippen LogP contribution < -0.4 is 9.21 Å². The molecule has 1 atom stereocenters. The van der Waals surface area contributed by atoms with Crippen molar-refractivity contribution in [2.45, 2.75) is 24.0 Å². The van der Waals surface area contributed by atoms with E-state index in [2.05, 4.69) is 4.98 Å². The second-order valence-corrected chi connectivity index (χ2v) is 9.28. The molecule has 1 aromatic heterocycles. The third kappa shape index (κ3) is 5.12. The SMILES string of the molecule is CC(C(=O)N(C)c1ccncc1)N(c1cc(C(F)(F)F)ccc1Cl)S(=O)(=O)c1ccccc1. The lowest BCUT2D eigenvalue weighted by molar-refractivity contribution is -0.137. The number of carbonyl (C=O) groups is 1. The van der Waals surface area contributed by atoms with Gasteiger partial charge in [0.2, 0.25) is 5.91 Å². The van der Waals surface area contributed by atoms with Crippen molar-refractivity contribution in [3.63, 3.8) is 0 Å². The number of alkyl halides is 3. The first-order valence-corrected chi connectivity index (χ1v) is 11.4. The van der Waals surface area contributed by atoms with Gasteiger partial charge >= 0.3 is 6.18 Å². The van der Waals surface area contributed by atoms with E-state index in [1.807, 2.05) is 0 Å². The van der Waals surface area contributed by atoms with Gasteiger partial charge in [-0.2, -0.15) is 13.2 Å². The Balaban J connectivity index is 2.18. The van der Waals surface area contributed by atoms with Gasteiger partial charge in [0.15, 0.2) is 0 Å². The Hall–Kier alpha value is -3.11. The maximum absolute atomic E-state index is 13.6. The van der Waals surface area contributed by atoms with Crippen LogP contribution >= 0.6 is 11.6 Å². The van der Waals surface area contributed by atoms with E-state index in [-0.39, 0.29) is 9.92 Å². The molecule has 0 fully saturated rings. The molecule has 3 rings (SSSR count). The minimum absolute atomic E-state index is 0.204. The van der Waals surface area contributed by atoms with Gasteiger partial charge in [-0.25, -0.2) is 8.42 Å². The molecule has 0 aliphatic heterocycles. The lowest BCUT2D eigenvalue weighted by atomic mass is 10.1. The van der Waals surface area contributed by atoms with E-state index in [1.165, 1.54) is 67.7 Å². The van der Waals surface area contributed by atoms with Crippen molar-refractivity contribution >= 4 is 38.9 Å². The predicted molar refractivity (Wildman–Crippen MR) is 120 cm³/mol. The van der Waals surface area contributed by atoms with E-state index in [0.717, 1.165) is 12.1 Å². The number of pyridine rings is 1. The highest BCUT2D eigenvalue weighted by Crippen LogP contribution is 2.38. The summed E-state index contributed by atoms with van der Waals surface area (Å²) in [6.45, 7) is 1.29. The standard InChI is InChI=1S/C22H19ClF3N3O3S/c1-15(21(30)28(2)17-10-12-27-13-11-17)29(33(31,32)18-6-4-3-5-7-18)20-14-16(22(24,25)26)8-9-19(20)23/h3-15H,1-2H3. The zero-order valence-electron chi connectivity index (χ0n) is 17.5. The topological polar surface area (TPSA) is 70.6 Å². The van der Waals surface area contributed by atoms with Gasteiger partial charge in [-0.05, 0) is 49.4 Å². The number of aromatic nitrogens is 1. The Morgan fingerprint density at radius 2 is 1.64 bits per heavy atom. The second kappa shape index (κ2) is 9.40. The van der Waals surface area contributed by atoms with Crippen molar-refractivity contribution < 1.29 is 26.4 Å². The average Bonchev–Trinajstić information content (AvgIpc) is 2.79. The van der Waals surface area contributed by atoms with Crippen molar-refractivity contribution in [1.29, 1.82) is 0 Å². The van der Waals surface area contributed by atoms with Crippen LogP contribution in [0.4, 0.5) is 24.5 Å². The van der Waals surface area contributed by atoms with Crippen molar-refractivity contribution in [3.8, 4) is 0 Å². The summed E-state index contributed by atoms with van der Waals surface area (Å²) in [6, 6.07) is 11.1. The Morgan fingerprint density at radius 3 is 2.21 bits per heavy atom. The summed E-state index contributed by atoms with van der Waals surface area (Å²) < 4.78 is 67.9. The fourth-order valence-electron chi connectivity index (χ4n) is 3.19. The fraction of sp³-hybridized carbons (Fsp3) is 0.182. The lowest BCUT2D eigenvalue weighted by Gasteiger charge is -2.33. The maximum Gasteiger partial charge on any atom is 0.416 e. The summed E-state index contributed by atoms with van der Waals surface area (Å²) in [5, 5.41) is -0.256. The highest BCUT2D eigenvalue weighted by Gasteiger charge is 2.38. The van der Waals surface area contributed by atoms with Crippen LogP contribution in [0.15, 0.2) is 78.0 Å². The van der Waals surface area contributed by atoms with Crippen molar-refractivity contribution in [1.82, 2.24) is 4.98 Å². The smallest absolute Gasteiger partial charge is 0.314 e. The number of anilines is 2. The molecule has 2 aromatic carbocycles. The summed E-state index contributed by atoms with van der Waals surface area (Å²) in [5.74, 6) is -0.686. The van der Waals surface area contributed by atoms with Crippen molar-refractivity contribution in [2.24, 2.45) is 0 Å². The number of amides is 1. The van der Waals surface area contributed by atoms with E-state index in [1.54, 1.807) is 6.07 Å². The van der Waals surface area contributed by atoms with Crippen LogP contribution in [0.25, 0.3) is 0 Å². The number of rotatable bonds is 6. The first-order chi connectivity index (χ1) is 15.4. The fourth-order valence-corrected chi connectivity index (χ4v) is 5.09. The average molecular weight is 498 g/mol. The Labute approximate surface area is 194 Å². The molecular formula is C22H19ClF3N3O3S. The molecule has 0 saturated carbocycles. The van der Waals surface area contributed by atoms with Crippen molar-refractivity contribution in [2.75, 3.05) is 16.3 Å². The van der Waals surface area contributed by atoms with E-state index >= 15 is 0 Å². The molecule has 3 aromatic rings. The molecule has 33 heavy (non-hydrogen) atoms. The maximum atomic E-state index is 13.6. The van der Waals surface area contributed by atoms with Gasteiger partial charge in [0.05, 0.1) is 21.2 Å². The number of likely N-dealkylation sites (N-methyl/N-ethyl adjacent to an activating group) is 1. The van der Waals surface area contributed by atoms with Gasteiger partial charge in [-0.1, -0.05) is 29.8 Å². The van der Waals surface area contributed by atoms with Gasteiger partial charge in [0.1, 0.15) is 6.04 Å². The largest absolute Gasteiger partial charge is 0.416 e. The quantitative estimate of drug-likeness (QED) is 0.480. The van der Waals surface area contributed by atoms with Crippen LogP contribution in [-0.2, 0) is 21.0 Å². The summed E-state index contributed by atoms with van der Waals surface area (Å²) in [5.41, 5.74) is -1.13. The zero-order chi connectivity index (χ0) is 24.4. The number of benzene rings is 2. The summed E-state index contributed by atoms with van der Waals surface area (Å²) in [6.07, 6.45) is -1.85. The number of nitrogens with zero attached hydrogens (tertiary/aromatic N) is 3. The van der Waals surface area contributed by atoms with E-state index in [4.69, 9.17) is 11.6 Å². The first kappa shape index (κ1) is 24.5. The van der Waals surface area contributed by atoms with Crippen LogP contribution in [0.3, 0.4) is 0 Å². The van der Waals surface area contributed by atoms with Crippen LogP contribution in [0.5, 0.6) is 0 Å². The van der Waals surface area contributed by atoms with Gasteiger partial charge < -0.3 is 4.90 Å². The summed E-state index contributed by atoms with van der Waals surface area (Å²) in [7, 11) is -3.05. The Morgan fingerprint density at radius 1 is 1.03 bits per heavy atom. The Bertz CT molecular complexity index is 1240. The minimum atomic E-state index is -4.75. The molecule has 0 aliphatic carbocycles. The summed E-state index contributed by atoms with van der Waals surface area (Å²) in [4.78, 5) is 18.1. The van der Waals surface area contributed by atoms with Gasteiger partial charge in [0, 0.05) is 25.1 Å². The molecule has 1 unspecified atom stereocenters. The zero-order valence-corrected chi connectivity index (χ0v) is 19.1. The Kier molecular flexibility index (Phi) is 6.99. The molecule has 0 aliphatic rings. The highest BCUT2D eigenvalue weighted by molar-refractivity contribution is 7.93. The van der Waals surface area contributed by atoms with Gasteiger partial charge in [-0.15, -0.1) is 0 Å². The first-order valence-electron chi connectivity index (χ1n) is 9.58. The van der Waals surface area contributed by atoms with Crippen LogP contribution in [0.1, 0.15) is 12.5 Å². The summed E-state index contributed by atoms with van der Waals surface area (Å²) >= 11 is 6.17. The molecular weight excluding hydrogens is 479 g/mol. The molecule has 0 saturated heterocycles. The number of carbonyl (C=O) groups excluding carboxylic acids is 1. The van der Waals surface area contributed by atoms with Gasteiger partial charge in [0.25, 0.3) is 10.0 Å². The molecule has 1 amide bonds. The van der Waals surface area contributed by atoms with Crippen LogP contribution in [0, 0.1) is 0 Å². The lowest BCUT2D eigenvalue weighted by Crippen LogP contribution is -2.49. The second-order valence-electron chi connectivity index (χ2n) is 7.06. The molecule has 0 bridgehead atoms. The van der Waals surface area contributed by atoms with Crippen LogP contribution in [-0.4, -0.2) is 32.4 Å². The normalized spacial score (nSPS) is 12.8. The van der Waals surface area contributed by atoms with E-state index in [0.29, 0.717) is 16.1 Å². The molecule has 1 heterocycles. The highest BCUT2D eigenvalue weighted by atomic mass is 35.5. The molecule has 0 radical (unpaired) electrons. The molecule has 6 nitrogen and oxygen atoms in total. The monoisotopic (exact) mass is 497 g/mol. The molecule has 0 spiro atoms. The number of hydrogen-bond donors (Lipinski definition) is 0. The predicted octanol–water partition coefficient (Wildman–Crippen LogP) is 5.00. The molecule has 174 valence electrons. The van der Waals surface area contributed by atoms with Crippen LogP contribution in [0.2, 0.25) is 5.02 Å². The number of hydrogen-bond acceptors (Lipinski definition) is 4. The van der Waals surface area contributed by atoms with E-state index in [9.17, 15) is 26.4 Å². The molecule has 0 N–H and O–H groups in total. The third-order valence-electron chi connectivity index (χ3n) is 4.90. The minimum Gasteiger partial charge on any atom is -0.314 e. The number of halogens is 4. The molecule has 11 heteroatoms. The van der Waals surface area contributed by atoms with E-state index < -0.39 is 39.4 Å². The third-order valence-corrected chi connectivity index (χ3v) is 7.12. The van der Waals surface area contributed by atoms with Crippen molar-refractivity contribution in [3.05, 3.63) is 83.6 Å². The van der Waals surface area contributed by atoms with Gasteiger partial charge in [-0.3, -0.25) is 14.1 Å². The number of sulfonamides is 1.